The molecule has 5 aromatic rings. The zero-order valence-electron chi connectivity index (χ0n) is 21.4. The summed E-state index contributed by atoms with van der Waals surface area (Å²) >= 11 is 6.91. The maximum atomic E-state index is 11.9. The van der Waals surface area contributed by atoms with Gasteiger partial charge in [-0.15, -0.1) is 56.7 Å². The van der Waals surface area contributed by atoms with Crippen molar-refractivity contribution in [2.24, 2.45) is 0 Å². The highest BCUT2D eigenvalue weighted by atomic mass is 32.1. The van der Waals surface area contributed by atoms with E-state index in [1.54, 1.807) is 12.1 Å². The van der Waals surface area contributed by atoms with E-state index in [1.807, 2.05) is 36.4 Å². The first-order valence-electron chi connectivity index (χ1n) is 11.8. The van der Waals surface area contributed by atoms with E-state index >= 15 is 0 Å². The first kappa shape index (κ1) is 28.9. The van der Waals surface area contributed by atoms with E-state index in [2.05, 4.69) is 0 Å². The smallest absolute Gasteiger partial charge is 0.348 e. The molecule has 0 saturated heterocycles. The molecule has 0 spiro atoms. The topological polar surface area (TPSA) is 127 Å². The number of methoxy groups -OCH3 is 2. The highest BCUT2D eigenvalue weighted by molar-refractivity contribution is 7.30. The second-order valence-corrected chi connectivity index (χ2v) is 13.9. The Morgan fingerprint density at radius 1 is 0.561 bits per heavy atom. The molecule has 0 amide bonds. The van der Waals surface area contributed by atoms with Gasteiger partial charge in [-0.1, -0.05) is 0 Å². The molecule has 13 heteroatoms. The van der Waals surface area contributed by atoms with Crippen LogP contribution in [0.4, 0.5) is 0 Å². The van der Waals surface area contributed by atoms with Crippen LogP contribution >= 0.6 is 56.7 Å². The molecule has 210 valence electrons. The van der Waals surface area contributed by atoms with Crippen LogP contribution in [0.3, 0.4) is 0 Å². The Hall–Kier alpha value is -3.62. The number of esters is 2. The van der Waals surface area contributed by atoms with Gasteiger partial charge in [-0.05, 0) is 59.7 Å². The zero-order chi connectivity index (χ0) is 29.3. The maximum absolute atomic E-state index is 11.9. The summed E-state index contributed by atoms with van der Waals surface area (Å²) in [5, 5.41) is 19.1. The standard InChI is InChI=1S/C28H20O8S5/c1-35-27(33)19-7-3-15(37-19)21-9-13(11-23(29)30)25(40-21)17-5-6-18(39-17)26-14(12-24(31)32)10-22(41-26)16-4-8-20(38-16)28(34)36-2/h3-10H,11-12H2,1-2H3,(H,29,30)(H,31,32). The van der Waals surface area contributed by atoms with E-state index in [-0.39, 0.29) is 12.8 Å². The highest BCUT2D eigenvalue weighted by Gasteiger charge is 2.22. The maximum Gasteiger partial charge on any atom is 0.348 e. The Balaban J connectivity index is 1.53. The van der Waals surface area contributed by atoms with Crippen molar-refractivity contribution in [3.8, 4) is 39.0 Å². The SMILES string of the molecule is COC(=O)c1ccc(-c2cc(CC(=O)O)c(-c3ccc(-c4sc(-c5ccc(C(=O)OC)s5)cc4CC(=O)O)s3)s2)s1. The first-order chi connectivity index (χ1) is 19.7. The van der Waals surface area contributed by atoms with Gasteiger partial charge in [-0.25, -0.2) is 9.59 Å². The lowest BCUT2D eigenvalue weighted by molar-refractivity contribution is -0.137. The number of carboxylic acid groups (broad SMARTS) is 2. The Bertz CT molecular complexity index is 1650. The molecule has 0 aliphatic heterocycles. The lowest BCUT2D eigenvalue weighted by atomic mass is 10.1. The van der Waals surface area contributed by atoms with Crippen LogP contribution in [0.15, 0.2) is 48.5 Å². The third-order valence-corrected chi connectivity index (χ3v) is 12.1. The van der Waals surface area contributed by atoms with Crippen molar-refractivity contribution >= 4 is 80.6 Å². The Morgan fingerprint density at radius 3 is 1.32 bits per heavy atom. The first-order valence-corrected chi connectivity index (χ1v) is 15.9. The second-order valence-electron chi connectivity index (χ2n) is 8.55. The second kappa shape index (κ2) is 12.1. The molecule has 0 fully saturated rings. The van der Waals surface area contributed by atoms with Crippen LogP contribution < -0.4 is 0 Å². The summed E-state index contributed by atoms with van der Waals surface area (Å²) in [4.78, 5) is 54.8. The Morgan fingerprint density at radius 2 is 0.951 bits per heavy atom. The van der Waals surface area contributed by atoms with Crippen LogP contribution in [0.2, 0.25) is 0 Å². The average Bonchev–Trinajstić information content (AvgIpc) is 3.75. The molecule has 0 saturated carbocycles. The number of hydrogen-bond acceptors (Lipinski definition) is 11. The van der Waals surface area contributed by atoms with Crippen molar-refractivity contribution in [2.75, 3.05) is 14.2 Å². The molecule has 0 aromatic carbocycles. The summed E-state index contributed by atoms with van der Waals surface area (Å²) in [5.74, 6) is -2.77. The molecule has 0 aliphatic carbocycles. The van der Waals surface area contributed by atoms with Gasteiger partial charge < -0.3 is 19.7 Å². The summed E-state index contributed by atoms with van der Waals surface area (Å²) in [6.45, 7) is 0. The van der Waals surface area contributed by atoms with E-state index in [0.29, 0.717) is 20.9 Å². The minimum Gasteiger partial charge on any atom is -0.481 e. The molecule has 2 N–H and O–H groups in total. The predicted octanol–water partition coefficient (Wildman–Crippen LogP) is 7.49. The van der Waals surface area contributed by atoms with Crippen molar-refractivity contribution in [3.05, 3.63) is 69.4 Å². The number of ether oxygens (including phenoxy) is 2. The quantitative estimate of drug-likeness (QED) is 0.150. The molecular weight excluding hydrogens is 625 g/mol. The van der Waals surface area contributed by atoms with Crippen molar-refractivity contribution < 1.29 is 38.9 Å². The van der Waals surface area contributed by atoms with Crippen molar-refractivity contribution in [1.29, 1.82) is 0 Å². The molecular formula is C28H20O8S5. The van der Waals surface area contributed by atoms with E-state index < -0.39 is 23.9 Å². The minimum absolute atomic E-state index is 0.164. The molecule has 5 aromatic heterocycles. The van der Waals surface area contributed by atoms with Crippen LogP contribution in [0.25, 0.3) is 39.0 Å². The van der Waals surface area contributed by atoms with Gasteiger partial charge in [-0.2, -0.15) is 0 Å². The van der Waals surface area contributed by atoms with Crippen LogP contribution in [0, 0.1) is 0 Å². The molecule has 0 radical (unpaired) electrons. The van der Waals surface area contributed by atoms with Crippen LogP contribution in [-0.4, -0.2) is 48.3 Å². The molecule has 8 nitrogen and oxygen atoms in total. The van der Waals surface area contributed by atoms with E-state index in [9.17, 15) is 29.4 Å². The highest BCUT2D eigenvalue weighted by Crippen LogP contribution is 2.48. The van der Waals surface area contributed by atoms with Crippen LogP contribution in [0.5, 0.6) is 0 Å². The normalized spacial score (nSPS) is 11.0. The van der Waals surface area contributed by atoms with Gasteiger partial charge in [-0.3, -0.25) is 9.59 Å². The van der Waals surface area contributed by atoms with E-state index in [4.69, 9.17) is 9.47 Å². The van der Waals surface area contributed by atoms with Crippen LogP contribution in [-0.2, 0) is 31.9 Å². The largest absolute Gasteiger partial charge is 0.481 e. The van der Waals surface area contributed by atoms with E-state index in [0.717, 1.165) is 39.0 Å². The fraction of sp³-hybridized carbons (Fsp3) is 0.143. The van der Waals surface area contributed by atoms with Crippen molar-refractivity contribution in [3.63, 3.8) is 0 Å². The molecule has 0 aliphatic rings. The fourth-order valence-corrected chi connectivity index (χ4v) is 9.72. The molecule has 0 unspecified atom stereocenters. The van der Waals surface area contributed by atoms with Gasteiger partial charge in [0.15, 0.2) is 0 Å². The zero-order valence-corrected chi connectivity index (χ0v) is 25.5. The number of carboxylic acids is 2. The molecule has 41 heavy (non-hydrogen) atoms. The number of thiophene rings is 5. The van der Waals surface area contributed by atoms with E-state index in [1.165, 1.54) is 70.9 Å². The molecule has 0 bridgehead atoms. The molecule has 5 rings (SSSR count). The summed E-state index contributed by atoms with van der Waals surface area (Å²) < 4.78 is 9.61. The fourth-order valence-electron chi connectivity index (χ4n) is 4.05. The van der Waals surface area contributed by atoms with Crippen molar-refractivity contribution in [2.45, 2.75) is 12.8 Å². The minimum atomic E-state index is -0.956. The number of carbonyl (C=O) groups excluding carboxylic acids is 2. The third kappa shape index (κ3) is 6.19. The predicted molar refractivity (Wildman–Crippen MR) is 163 cm³/mol. The van der Waals surface area contributed by atoms with Crippen molar-refractivity contribution in [1.82, 2.24) is 0 Å². The lowest BCUT2D eigenvalue weighted by Gasteiger charge is -1.99. The number of hydrogen-bond donors (Lipinski definition) is 2. The Kier molecular flexibility index (Phi) is 8.52. The lowest BCUT2D eigenvalue weighted by Crippen LogP contribution is -1.99. The van der Waals surface area contributed by atoms with Gasteiger partial charge in [0.1, 0.15) is 9.75 Å². The summed E-state index contributed by atoms with van der Waals surface area (Å²) in [6, 6.07) is 14.5. The number of aliphatic carboxylic acids is 2. The van der Waals surface area contributed by atoms with Gasteiger partial charge in [0.05, 0.1) is 27.1 Å². The van der Waals surface area contributed by atoms with Gasteiger partial charge >= 0.3 is 23.9 Å². The molecule has 0 atom stereocenters. The number of rotatable bonds is 10. The van der Waals surface area contributed by atoms with Gasteiger partial charge in [0, 0.05) is 39.0 Å². The average molecular weight is 645 g/mol. The third-order valence-electron chi connectivity index (χ3n) is 5.83. The Labute approximate surface area is 253 Å². The van der Waals surface area contributed by atoms with Crippen LogP contribution in [0.1, 0.15) is 30.5 Å². The number of carbonyl (C=O) groups is 4. The molecule has 5 heterocycles. The summed E-state index contributed by atoms with van der Waals surface area (Å²) in [7, 11) is 2.64. The summed E-state index contributed by atoms with van der Waals surface area (Å²) in [6.07, 6.45) is -0.328. The summed E-state index contributed by atoms with van der Waals surface area (Å²) in [5.41, 5.74) is 1.32. The van der Waals surface area contributed by atoms with Gasteiger partial charge in [0.25, 0.3) is 0 Å². The monoisotopic (exact) mass is 644 g/mol. The van der Waals surface area contributed by atoms with Gasteiger partial charge in [0.2, 0.25) is 0 Å².